The van der Waals surface area contributed by atoms with Crippen LogP contribution in [0.5, 0.6) is 5.75 Å². The zero-order valence-electron chi connectivity index (χ0n) is 17.5. The second-order valence-electron chi connectivity index (χ2n) is 7.70. The van der Waals surface area contributed by atoms with E-state index in [9.17, 15) is 9.59 Å². The van der Waals surface area contributed by atoms with Gasteiger partial charge in [-0.2, -0.15) is 0 Å². The minimum atomic E-state index is -1.31. The van der Waals surface area contributed by atoms with Crippen molar-refractivity contribution >= 4 is 81.2 Å². The minimum absolute atomic E-state index is 0.302. The van der Waals surface area contributed by atoms with E-state index >= 15 is 0 Å². The molecule has 4 rings (SSSR count). The third-order valence-corrected chi connectivity index (χ3v) is 7.10. The summed E-state index contributed by atoms with van der Waals surface area (Å²) in [6.45, 7) is 0. The Hall–Kier alpha value is -2.15. The molecule has 3 aromatic carbocycles. The number of carbonyl (C=O) groups is 2. The average molecular weight is 559 g/mol. The lowest BCUT2D eigenvalue weighted by atomic mass is 10.1. The number of benzene rings is 3. The van der Waals surface area contributed by atoms with Crippen molar-refractivity contribution in [3.05, 3.63) is 86.9 Å². The van der Waals surface area contributed by atoms with Crippen LogP contribution in [0, 0.1) is 5.92 Å². The van der Waals surface area contributed by atoms with Gasteiger partial charge in [0.1, 0.15) is 10.1 Å². The summed E-state index contributed by atoms with van der Waals surface area (Å²) in [6, 6.07) is 16.4. The van der Waals surface area contributed by atoms with E-state index < -0.39 is 22.1 Å². The standard InChI is InChI=1S/C24H17Cl5N2O3/c1-34-17-4-2-3-12(9-17)22(32)31-19-11-16(5-6-18(19)27)30-23(33)21-20(24(21,28)29)13-7-14(25)10-15(26)8-13/h2-11,20-21H,1H3,(H,30,33)(H,31,32)/t20-,21+/m0/s1. The van der Waals surface area contributed by atoms with E-state index in [-0.39, 0.29) is 5.91 Å². The maximum absolute atomic E-state index is 13.0. The highest BCUT2D eigenvalue weighted by atomic mass is 35.5. The van der Waals surface area contributed by atoms with Crippen molar-refractivity contribution in [2.24, 2.45) is 5.92 Å². The molecule has 10 heteroatoms. The van der Waals surface area contributed by atoms with Gasteiger partial charge in [-0.05, 0) is 60.2 Å². The lowest BCUT2D eigenvalue weighted by molar-refractivity contribution is -0.117. The van der Waals surface area contributed by atoms with Crippen molar-refractivity contribution in [2.75, 3.05) is 17.7 Å². The lowest BCUT2D eigenvalue weighted by Gasteiger charge is -2.11. The van der Waals surface area contributed by atoms with Crippen molar-refractivity contribution in [1.29, 1.82) is 0 Å². The monoisotopic (exact) mass is 556 g/mol. The Balaban J connectivity index is 1.49. The van der Waals surface area contributed by atoms with Gasteiger partial charge in [0, 0.05) is 27.2 Å². The lowest BCUT2D eigenvalue weighted by Crippen LogP contribution is -2.17. The van der Waals surface area contributed by atoms with E-state index in [1.165, 1.54) is 7.11 Å². The predicted molar refractivity (Wildman–Crippen MR) is 138 cm³/mol. The van der Waals surface area contributed by atoms with Crippen LogP contribution in [0.4, 0.5) is 11.4 Å². The third-order valence-electron chi connectivity index (χ3n) is 5.39. The first kappa shape index (κ1) is 25.0. The molecule has 2 atom stereocenters. The molecule has 0 spiro atoms. The van der Waals surface area contributed by atoms with Gasteiger partial charge in [-0.15, -0.1) is 23.2 Å². The number of halogens is 5. The third kappa shape index (κ3) is 5.24. The van der Waals surface area contributed by atoms with Gasteiger partial charge in [0.05, 0.1) is 23.7 Å². The number of carbonyl (C=O) groups excluding carboxylic acids is 2. The summed E-state index contributed by atoms with van der Waals surface area (Å²) in [6.07, 6.45) is 0. The number of alkyl halides is 2. The van der Waals surface area contributed by atoms with Gasteiger partial charge in [0.25, 0.3) is 5.91 Å². The molecule has 0 aliphatic heterocycles. The number of anilines is 2. The zero-order chi connectivity index (χ0) is 24.6. The first-order valence-corrected chi connectivity index (χ1v) is 11.9. The fourth-order valence-electron chi connectivity index (χ4n) is 3.70. The van der Waals surface area contributed by atoms with Gasteiger partial charge in [0.15, 0.2) is 0 Å². The zero-order valence-corrected chi connectivity index (χ0v) is 21.3. The number of hydrogen-bond acceptors (Lipinski definition) is 3. The van der Waals surface area contributed by atoms with Crippen LogP contribution in [-0.2, 0) is 4.79 Å². The number of hydrogen-bond donors (Lipinski definition) is 2. The van der Waals surface area contributed by atoms with E-state index in [2.05, 4.69) is 10.6 Å². The fraction of sp³-hybridized carbons (Fsp3) is 0.167. The molecule has 0 bridgehead atoms. The number of rotatable bonds is 6. The van der Waals surface area contributed by atoms with Crippen molar-refractivity contribution < 1.29 is 14.3 Å². The highest BCUT2D eigenvalue weighted by molar-refractivity contribution is 6.53. The number of methoxy groups -OCH3 is 1. The summed E-state index contributed by atoms with van der Waals surface area (Å²) < 4.78 is 3.84. The fourth-order valence-corrected chi connectivity index (χ4v) is 5.24. The molecule has 3 aromatic rings. The van der Waals surface area contributed by atoms with Crippen LogP contribution >= 0.6 is 58.0 Å². The Labute approximate surface area is 221 Å². The Morgan fingerprint density at radius 1 is 0.912 bits per heavy atom. The first-order chi connectivity index (χ1) is 16.1. The van der Waals surface area contributed by atoms with Gasteiger partial charge in [-0.3, -0.25) is 9.59 Å². The molecule has 1 aliphatic rings. The second-order valence-corrected chi connectivity index (χ2v) is 10.4. The Morgan fingerprint density at radius 2 is 1.62 bits per heavy atom. The van der Waals surface area contributed by atoms with E-state index in [4.69, 9.17) is 62.7 Å². The van der Waals surface area contributed by atoms with Crippen molar-refractivity contribution in [1.82, 2.24) is 0 Å². The van der Waals surface area contributed by atoms with E-state index in [1.807, 2.05) is 0 Å². The number of nitrogens with one attached hydrogen (secondary N) is 2. The summed E-state index contributed by atoms with van der Waals surface area (Å²) in [5.41, 5.74) is 1.79. The molecule has 2 N–H and O–H groups in total. The smallest absolute Gasteiger partial charge is 0.255 e. The summed E-state index contributed by atoms with van der Waals surface area (Å²) in [7, 11) is 1.52. The average Bonchev–Trinajstić information content (AvgIpc) is 3.37. The van der Waals surface area contributed by atoms with Gasteiger partial charge < -0.3 is 15.4 Å². The molecule has 0 radical (unpaired) electrons. The summed E-state index contributed by atoms with van der Waals surface area (Å²) in [5, 5.41) is 6.67. The molecule has 0 saturated heterocycles. The van der Waals surface area contributed by atoms with Crippen molar-refractivity contribution in [2.45, 2.75) is 10.3 Å². The molecule has 34 heavy (non-hydrogen) atoms. The van der Waals surface area contributed by atoms with Crippen LogP contribution in [0.1, 0.15) is 21.8 Å². The maximum atomic E-state index is 13.0. The number of amides is 2. The molecule has 1 aliphatic carbocycles. The van der Waals surface area contributed by atoms with Crippen molar-refractivity contribution in [3.8, 4) is 5.75 Å². The van der Waals surface area contributed by atoms with E-state index in [0.717, 1.165) is 0 Å². The molecule has 0 unspecified atom stereocenters. The second kappa shape index (κ2) is 9.84. The highest BCUT2D eigenvalue weighted by Crippen LogP contribution is 2.65. The molecule has 5 nitrogen and oxygen atoms in total. The molecule has 1 saturated carbocycles. The van der Waals surface area contributed by atoms with Gasteiger partial charge in [0.2, 0.25) is 5.91 Å². The predicted octanol–water partition coefficient (Wildman–Crippen LogP) is 7.43. The van der Waals surface area contributed by atoms with Gasteiger partial charge in [-0.25, -0.2) is 0 Å². The minimum Gasteiger partial charge on any atom is -0.497 e. The summed E-state index contributed by atoms with van der Waals surface area (Å²) >= 11 is 31.3. The summed E-state index contributed by atoms with van der Waals surface area (Å²) in [4.78, 5) is 25.6. The van der Waals surface area contributed by atoms with Crippen LogP contribution in [0.3, 0.4) is 0 Å². The van der Waals surface area contributed by atoms with Crippen molar-refractivity contribution in [3.63, 3.8) is 0 Å². The van der Waals surface area contributed by atoms with Crippen LogP contribution in [0.2, 0.25) is 15.1 Å². The van der Waals surface area contributed by atoms with Gasteiger partial charge >= 0.3 is 0 Å². The van der Waals surface area contributed by atoms with Crippen LogP contribution in [-0.4, -0.2) is 23.3 Å². The topological polar surface area (TPSA) is 67.4 Å². The first-order valence-electron chi connectivity index (χ1n) is 10.00. The maximum Gasteiger partial charge on any atom is 0.255 e. The quantitative estimate of drug-likeness (QED) is 0.309. The molecule has 0 heterocycles. The normalized spacial score (nSPS) is 18.2. The molecule has 1 fully saturated rings. The largest absolute Gasteiger partial charge is 0.497 e. The van der Waals surface area contributed by atoms with Gasteiger partial charge in [-0.1, -0.05) is 40.9 Å². The SMILES string of the molecule is COc1cccc(C(=O)Nc2cc(NC(=O)[C@H]3[C@H](c4cc(Cl)cc(Cl)c4)C3(Cl)Cl)ccc2Cl)c1. The molecule has 2 amide bonds. The Bertz CT molecular complexity index is 1260. The van der Waals surface area contributed by atoms with Crippen LogP contribution in [0.25, 0.3) is 0 Å². The molecule has 176 valence electrons. The number of ether oxygens (including phenoxy) is 1. The highest BCUT2D eigenvalue weighted by Gasteiger charge is 2.67. The summed E-state index contributed by atoms with van der Waals surface area (Å²) in [5.74, 6) is -1.43. The Kier molecular flexibility index (Phi) is 7.22. The van der Waals surface area contributed by atoms with Crippen LogP contribution in [0.15, 0.2) is 60.7 Å². The van der Waals surface area contributed by atoms with E-state index in [1.54, 1.807) is 60.7 Å². The van der Waals surface area contributed by atoms with E-state index in [0.29, 0.717) is 43.3 Å². The molecular formula is C24H17Cl5N2O3. The van der Waals surface area contributed by atoms with Crippen LogP contribution < -0.4 is 15.4 Å². The molecular weight excluding hydrogens is 542 g/mol. The Morgan fingerprint density at radius 3 is 2.29 bits per heavy atom. The molecule has 0 aromatic heterocycles.